The number of carbonyl (C=O) groups excluding carboxylic acids is 1. The summed E-state index contributed by atoms with van der Waals surface area (Å²) in [7, 11) is 0. The zero-order chi connectivity index (χ0) is 13.8. The fourth-order valence-corrected chi connectivity index (χ4v) is 2.46. The lowest BCUT2D eigenvalue weighted by atomic mass is 10.1. The van der Waals surface area contributed by atoms with Gasteiger partial charge in [0.1, 0.15) is 0 Å². The molecule has 1 amide bonds. The Hall–Kier alpha value is -1.56. The smallest absolute Gasteiger partial charge is 0.258 e. The highest BCUT2D eigenvalue weighted by molar-refractivity contribution is 14.1. The highest BCUT2D eigenvalue weighted by Gasteiger charge is 2.16. The van der Waals surface area contributed by atoms with Gasteiger partial charge >= 0.3 is 0 Å². The largest absolute Gasteiger partial charge is 0.399 e. The van der Waals surface area contributed by atoms with Gasteiger partial charge in [0.15, 0.2) is 0 Å². The molecule has 0 fully saturated rings. The molecule has 0 radical (unpaired) electrons. The van der Waals surface area contributed by atoms with E-state index in [2.05, 4.69) is 22.6 Å². The van der Waals surface area contributed by atoms with Crippen LogP contribution in [0.25, 0.3) is 0 Å². The van der Waals surface area contributed by atoms with Gasteiger partial charge in [-0.15, -0.1) is 0 Å². The molecule has 0 unspecified atom stereocenters. The predicted molar refractivity (Wildman–Crippen MR) is 87.4 cm³/mol. The quantitative estimate of drug-likeness (QED) is 0.667. The van der Waals surface area contributed by atoms with Crippen molar-refractivity contribution < 1.29 is 4.79 Å². The number of anilines is 2. The van der Waals surface area contributed by atoms with Crippen molar-refractivity contribution in [1.82, 2.24) is 0 Å². The van der Waals surface area contributed by atoms with Crippen molar-refractivity contribution in [2.75, 3.05) is 17.2 Å². The number of nitrogen functional groups attached to an aromatic ring is 1. The van der Waals surface area contributed by atoms with E-state index in [1.807, 2.05) is 55.5 Å². The summed E-state index contributed by atoms with van der Waals surface area (Å²) in [6, 6.07) is 15.0. The second kappa shape index (κ2) is 6.06. The summed E-state index contributed by atoms with van der Waals surface area (Å²) in [5.41, 5.74) is 7.95. The lowest BCUT2D eigenvalue weighted by Crippen LogP contribution is -2.30. The van der Waals surface area contributed by atoms with E-state index in [-0.39, 0.29) is 5.91 Å². The third-order valence-electron chi connectivity index (χ3n) is 2.81. The minimum atomic E-state index is -0.00776. The fraction of sp³-hybridized carbons (Fsp3) is 0.133. The maximum absolute atomic E-state index is 12.5. The van der Waals surface area contributed by atoms with E-state index >= 15 is 0 Å². The Balaban J connectivity index is 2.34. The third kappa shape index (κ3) is 3.26. The van der Waals surface area contributed by atoms with Crippen molar-refractivity contribution in [1.29, 1.82) is 0 Å². The molecule has 0 aromatic heterocycles. The molecule has 0 aliphatic rings. The van der Waals surface area contributed by atoms with E-state index in [0.29, 0.717) is 17.8 Å². The molecule has 19 heavy (non-hydrogen) atoms. The lowest BCUT2D eigenvalue weighted by molar-refractivity contribution is 0.0988. The Bertz CT molecular complexity index is 598. The van der Waals surface area contributed by atoms with Crippen molar-refractivity contribution in [2.24, 2.45) is 0 Å². The Morgan fingerprint density at radius 2 is 1.95 bits per heavy atom. The molecule has 0 bridgehead atoms. The van der Waals surface area contributed by atoms with Crippen LogP contribution in [0.1, 0.15) is 17.3 Å². The van der Waals surface area contributed by atoms with Gasteiger partial charge < -0.3 is 10.6 Å². The normalized spacial score (nSPS) is 10.2. The van der Waals surface area contributed by atoms with Gasteiger partial charge in [-0.25, -0.2) is 0 Å². The van der Waals surface area contributed by atoms with Crippen molar-refractivity contribution in [3.8, 4) is 0 Å². The molecule has 2 rings (SSSR count). The summed E-state index contributed by atoms with van der Waals surface area (Å²) < 4.78 is 1.05. The molecule has 3 nitrogen and oxygen atoms in total. The number of hydrogen-bond donors (Lipinski definition) is 1. The lowest BCUT2D eigenvalue weighted by Gasteiger charge is -2.21. The van der Waals surface area contributed by atoms with E-state index in [0.717, 1.165) is 9.26 Å². The van der Waals surface area contributed by atoms with Crippen LogP contribution in [0.3, 0.4) is 0 Å². The van der Waals surface area contributed by atoms with Crippen molar-refractivity contribution >= 4 is 39.9 Å². The second-order valence-corrected chi connectivity index (χ2v) is 5.40. The molecule has 2 aromatic carbocycles. The summed E-state index contributed by atoms with van der Waals surface area (Å²) >= 11 is 2.20. The zero-order valence-corrected chi connectivity index (χ0v) is 12.8. The van der Waals surface area contributed by atoms with Crippen molar-refractivity contribution in [3.05, 3.63) is 57.7 Å². The third-order valence-corrected chi connectivity index (χ3v) is 3.49. The molecular formula is C15H15IN2O. The standard InChI is InChI=1S/C15H15IN2O/c1-2-18(14-8-4-7-13(17)10-14)15(19)11-5-3-6-12(16)9-11/h3-10H,2,17H2,1H3. The Labute approximate surface area is 126 Å². The maximum Gasteiger partial charge on any atom is 0.258 e. The predicted octanol–water partition coefficient (Wildman–Crippen LogP) is 3.54. The summed E-state index contributed by atoms with van der Waals surface area (Å²) in [5, 5.41) is 0. The van der Waals surface area contributed by atoms with Gasteiger partial charge in [-0.1, -0.05) is 12.1 Å². The maximum atomic E-state index is 12.5. The molecule has 0 saturated carbocycles. The Morgan fingerprint density at radius 1 is 1.21 bits per heavy atom. The summed E-state index contributed by atoms with van der Waals surface area (Å²) in [5.74, 6) is -0.00776. The fourth-order valence-electron chi connectivity index (χ4n) is 1.91. The van der Waals surface area contributed by atoms with Gasteiger partial charge in [0, 0.05) is 27.1 Å². The van der Waals surface area contributed by atoms with Crippen molar-refractivity contribution in [3.63, 3.8) is 0 Å². The van der Waals surface area contributed by atoms with Gasteiger partial charge in [0.05, 0.1) is 0 Å². The first-order valence-electron chi connectivity index (χ1n) is 6.05. The van der Waals surface area contributed by atoms with Gasteiger partial charge in [-0.05, 0) is 65.9 Å². The van der Waals surface area contributed by atoms with Gasteiger partial charge in [0.2, 0.25) is 0 Å². The van der Waals surface area contributed by atoms with Crippen LogP contribution < -0.4 is 10.6 Å². The van der Waals surface area contributed by atoms with E-state index in [4.69, 9.17) is 5.73 Å². The number of hydrogen-bond acceptors (Lipinski definition) is 2. The molecule has 0 aliphatic carbocycles. The summed E-state index contributed by atoms with van der Waals surface area (Å²) in [4.78, 5) is 14.2. The minimum Gasteiger partial charge on any atom is -0.399 e. The second-order valence-electron chi connectivity index (χ2n) is 4.15. The molecule has 0 saturated heterocycles. The van der Waals surface area contributed by atoms with Crippen LogP contribution in [-0.2, 0) is 0 Å². The topological polar surface area (TPSA) is 46.3 Å². The van der Waals surface area contributed by atoms with Crippen LogP contribution in [0, 0.1) is 3.57 Å². The van der Waals surface area contributed by atoms with Crippen LogP contribution in [0.2, 0.25) is 0 Å². The van der Waals surface area contributed by atoms with E-state index < -0.39 is 0 Å². The van der Waals surface area contributed by atoms with E-state index in [9.17, 15) is 4.79 Å². The first-order valence-corrected chi connectivity index (χ1v) is 7.12. The van der Waals surface area contributed by atoms with Crippen LogP contribution in [0.4, 0.5) is 11.4 Å². The molecule has 98 valence electrons. The van der Waals surface area contributed by atoms with Gasteiger partial charge in [-0.3, -0.25) is 4.79 Å². The highest BCUT2D eigenvalue weighted by Crippen LogP contribution is 2.20. The van der Waals surface area contributed by atoms with E-state index in [1.165, 1.54) is 0 Å². The Kier molecular flexibility index (Phi) is 4.42. The monoisotopic (exact) mass is 366 g/mol. The number of carbonyl (C=O) groups is 1. The number of nitrogens with zero attached hydrogens (tertiary/aromatic N) is 1. The summed E-state index contributed by atoms with van der Waals surface area (Å²) in [6.07, 6.45) is 0. The zero-order valence-electron chi connectivity index (χ0n) is 10.6. The first-order chi connectivity index (χ1) is 9.11. The van der Waals surface area contributed by atoms with Crippen LogP contribution in [-0.4, -0.2) is 12.5 Å². The van der Waals surface area contributed by atoms with Crippen LogP contribution in [0.15, 0.2) is 48.5 Å². The Morgan fingerprint density at radius 3 is 2.58 bits per heavy atom. The SMILES string of the molecule is CCN(C(=O)c1cccc(I)c1)c1cccc(N)c1. The average molecular weight is 366 g/mol. The molecular weight excluding hydrogens is 351 g/mol. The molecule has 0 aliphatic heterocycles. The van der Waals surface area contributed by atoms with E-state index in [1.54, 1.807) is 4.90 Å². The van der Waals surface area contributed by atoms with Gasteiger partial charge in [0.25, 0.3) is 5.91 Å². The molecule has 4 heteroatoms. The molecule has 0 heterocycles. The molecule has 0 atom stereocenters. The number of halogens is 1. The number of nitrogens with two attached hydrogens (primary N) is 1. The average Bonchev–Trinajstić information content (AvgIpc) is 2.39. The van der Waals surface area contributed by atoms with Crippen molar-refractivity contribution in [2.45, 2.75) is 6.92 Å². The molecule has 2 aromatic rings. The van der Waals surface area contributed by atoms with Crippen LogP contribution >= 0.6 is 22.6 Å². The minimum absolute atomic E-state index is 0.00776. The number of benzene rings is 2. The van der Waals surface area contributed by atoms with Gasteiger partial charge in [-0.2, -0.15) is 0 Å². The molecule has 2 N–H and O–H groups in total. The highest BCUT2D eigenvalue weighted by atomic mass is 127. The molecule has 0 spiro atoms. The number of rotatable bonds is 3. The number of amides is 1. The van der Waals surface area contributed by atoms with Crippen LogP contribution in [0.5, 0.6) is 0 Å². The first kappa shape index (κ1) is 13.9. The summed E-state index contributed by atoms with van der Waals surface area (Å²) in [6.45, 7) is 2.56.